The Hall–Kier alpha value is -3.53. The number of carbonyl (C=O) groups is 1. The number of nitrogens with one attached hydrogen (secondary N) is 2. The number of pyridine rings is 1. The first-order chi connectivity index (χ1) is 15.0. The Labute approximate surface area is 181 Å². The van der Waals surface area contributed by atoms with Gasteiger partial charge in [-0.2, -0.15) is 10.1 Å². The number of nitrogens with zero attached hydrogens (tertiary/aromatic N) is 5. The Kier molecular flexibility index (Phi) is 4.78. The van der Waals surface area contributed by atoms with Gasteiger partial charge in [-0.1, -0.05) is 18.2 Å². The van der Waals surface area contributed by atoms with E-state index >= 15 is 0 Å². The van der Waals surface area contributed by atoms with Crippen molar-refractivity contribution in [2.45, 2.75) is 24.7 Å². The largest absolute Gasteiger partial charge is 0.301 e. The van der Waals surface area contributed by atoms with Crippen LogP contribution in [-0.4, -0.2) is 34.5 Å². The second kappa shape index (κ2) is 7.62. The maximum absolute atomic E-state index is 12.6. The zero-order valence-electron chi connectivity index (χ0n) is 17.1. The molecule has 5 rings (SSSR count). The summed E-state index contributed by atoms with van der Waals surface area (Å²) < 4.78 is 19.0. The summed E-state index contributed by atoms with van der Waals surface area (Å²) in [4.78, 5) is 17.1. The SMILES string of the molecule is Cc1nn(C)cc1S(=O)Nc1ccc(-c2cccc3nc(NC(=O)C4CC4)nn23)cc1. The highest BCUT2D eigenvalue weighted by Gasteiger charge is 2.30. The van der Waals surface area contributed by atoms with Crippen LogP contribution in [0.1, 0.15) is 18.5 Å². The second-order valence-corrected chi connectivity index (χ2v) is 8.76. The molecule has 31 heavy (non-hydrogen) atoms. The molecule has 2 N–H and O–H groups in total. The standard InChI is InChI=1S/C21H21N7O2S/c1-13-18(12-27(2)24-13)31(30)26-16-10-8-14(9-11-16)17-4-3-5-19-22-21(25-28(17)19)23-20(29)15-6-7-15/h3-5,8-12,15,26H,6-7H2,1-2H3,(H,23,25,29). The molecule has 1 saturated carbocycles. The van der Waals surface area contributed by atoms with Crippen LogP contribution in [0.4, 0.5) is 11.6 Å². The molecule has 10 heteroatoms. The molecule has 9 nitrogen and oxygen atoms in total. The number of rotatable bonds is 6. The molecular weight excluding hydrogens is 414 g/mol. The van der Waals surface area contributed by atoms with Gasteiger partial charge in [0.1, 0.15) is 4.90 Å². The fourth-order valence-corrected chi connectivity index (χ4v) is 4.38. The van der Waals surface area contributed by atoms with E-state index in [0.29, 0.717) is 16.5 Å². The van der Waals surface area contributed by atoms with Gasteiger partial charge in [0, 0.05) is 30.4 Å². The van der Waals surface area contributed by atoms with Crippen LogP contribution in [0.3, 0.4) is 0 Å². The van der Waals surface area contributed by atoms with E-state index in [1.165, 1.54) is 0 Å². The van der Waals surface area contributed by atoms with Crippen LogP contribution < -0.4 is 10.0 Å². The predicted octanol–water partition coefficient (Wildman–Crippen LogP) is 2.92. The van der Waals surface area contributed by atoms with Gasteiger partial charge in [0.2, 0.25) is 11.9 Å². The molecule has 1 unspecified atom stereocenters. The lowest BCUT2D eigenvalue weighted by Crippen LogP contribution is -2.14. The number of carbonyl (C=O) groups excluding carboxylic acids is 1. The first-order valence-electron chi connectivity index (χ1n) is 9.94. The third-order valence-electron chi connectivity index (χ3n) is 5.10. The van der Waals surface area contributed by atoms with Crippen LogP contribution in [0.2, 0.25) is 0 Å². The summed E-state index contributed by atoms with van der Waals surface area (Å²) in [5.74, 6) is 0.377. The third kappa shape index (κ3) is 3.93. The molecule has 3 aromatic heterocycles. The van der Waals surface area contributed by atoms with Crippen LogP contribution in [-0.2, 0) is 22.8 Å². The Morgan fingerprint density at radius 3 is 2.58 bits per heavy atom. The summed E-state index contributed by atoms with van der Waals surface area (Å²) in [5, 5.41) is 11.5. The molecule has 158 valence electrons. The smallest absolute Gasteiger partial charge is 0.249 e. The number of anilines is 2. The summed E-state index contributed by atoms with van der Waals surface area (Å²) in [7, 11) is 0.401. The van der Waals surface area contributed by atoms with Gasteiger partial charge in [0.05, 0.1) is 11.4 Å². The molecule has 0 aliphatic heterocycles. The highest BCUT2D eigenvalue weighted by Crippen LogP contribution is 2.30. The van der Waals surface area contributed by atoms with Gasteiger partial charge in [-0.15, -0.1) is 5.10 Å². The molecule has 1 atom stereocenters. The number of benzene rings is 1. The Balaban J connectivity index is 1.37. The maximum atomic E-state index is 12.6. The maximum Gasteiger partial charge on any atom is 0.249 e. The molecule has 1 amide bonds. The average Bonchev–Trinajstić information content (AvgIpc) is 3.43. The van der Waals surface area contributed by atoms with Crippen molar-refractivity contribution in [2.75, 3.05) is 10.0 Å². The van der Waals surface area contributed by atoms with Gasteiger partial charge >= 0.3 is 0 Å². The van der Waals surface area contributed by atoms with Crippen molar-refractivity contribution in [1.82, 2.24) is 24.4 Å². The van der Waals surface area contributed by atoms with E-state index in [1.807, 2.05) is 49.4 Å². The summed E-state index contributed by atoms with van der Waals surface area (Å²) in [6, 6.07) is 13.3. The molecule has 3 heterocycles. The quantitative estimate of drug-likeness (QED) is 0.484. The molecule has 1 fully saturated rings. The number of hydrogen-bond donors (Lipinski definition) is 2. The van der Waals surface area contributed by atoms with Crippen LogP contribution in [0, 0.1) is 12.8 Å². The van der Waals surface area contributed by atoms with Crippen molar-refractivity contribution in [2.24, 2.45) is 13.0 Å². The molecular formula is C21H21N7O2S. The van der Waals surface area contributed by atoms with Gasteiger partial charge in [-0.05, 0) is 44.0 Å². The van der Waals surface area contributed by atoms with Crippen molar-refractivity contribution in [1.29, 1.82) is 0 Å². The minimum atomic E-state index is -1.40. The molecule has 4 aromatic rings. The number of aryl methyl sites for hydroxylation is 2. The Morgan fingerprint density at radius 1 is 1.13 bits per heavy atom. The lowest BCUT2D eigenvalue weighted by Gasteiger charge is -2.08. The van der Waals surface area contributed by atoms with Gasteiger partial charge in [-0.25, -0.2) is 8.72 Å². The van der Waals surface area contributed by atoms with Gasteiger partial charge in [0.25, 0.3) is 0 Å². The number of aromatic nitrogens is 5. The minimum Gasteiger partial charge on any atom is -0.301 e. The van der Waals surface area contributed by atoms with Gasteiger partial charge in [-0.3, -0.25) is 14.8 Å². The van der Waals surface area contributed by atoms with E-state index in [0.717, 1.165) is 35.5 Å². The first-order valence-corrected chi connectivity index (χ1v) is 11.1. The van der Waals surface area contributed by atoms with Crippen LogP contribution in [0.5, 0.6) is 0 Å². The average molecular weight is 436 g/mol. The highest BCUT2D eigenvalue weighted by atomic mass is 32.2. The predicted molar refractivity (Wildman–Crippen MR) is 118 cm³/mol. The molecule has 0 bridgehead atoms. The molecule has 0 saturated heterocycles. The topological polar surface area (TPSA) is 106 Å². The van der Waals surface area contributed by atoms with E-state index in [-0.39, 0.29) is 11.8 Å². The lowest BCUT2D eigenvalue weighted by atomic mass is 10.1. The van der Waals surface area contributed by atoms with Crippen molar-refractivity contribution in [3.05, 3.63) is 54.4 Å². The van der Waals surface area contributed by atoms with Crippen LogP contribution in [0.25, 0.3) is 16.9 Å². The van der Waals surface area contributed by atoms with Gasteiger partial charge in [0.15, 0.2) is 16.6 Å². The number of hydrogen-bond acceptors (Lipinski definition) is 5. The first kappa shape index (κ1) is 19.4. The third-order valence-corrected chi connectivity index (χ3v) is 6.32. The molecule has 1 aromatic carbocycles. The normalized spacial score (nSPS) is 14.5. The highest BCUT2D eigenvalue weighted by molar-refractivity contribution is 7.86. The second-order valence-electron chi connectivity index (χ2n) is 7.58. The summed E-state index contributed by atoms with van der Waals surface area (Å²) in [5.41, 5.74) is 3.87. The Morgan fingerprint density at radius 2 is 1.90 bits per heavy atom. The van der Waals surface area contributed by atoms with Crippen molar-refractivity contribution in [3.63, 3.8) is 0 Å². The van der Waals surface area contributed by atoms with E-state index < -0.39 is 11.0 Å². The zero-order valence-corrected chi connectivity index (χ0v) is 17.9. The van der Waals surface area contributed by atoms with Gasteiger partial charge < -0.3 is 4.72 Å². The minimum absolute atomic E-state index is 0.0234. The molecule has 1 aliphatic rings. The number of amides is 1. The van der Waals surface area contributed by atoms with Crippen molar-refractivity contribution >= 4 is 34.2 Å². The van der Waals surface area contributed by atoms with Crippen molar-refractivity contribution < 1.29 is 9.00 Å². The summed E-state index contributed by atoms with van der Waals surface area (Å²) >= 11 is 0. The monoisotopic (exact) mass is 435 g/mol. The number of fused-ring (bicyclic) bond motifs is 1. The molecule has 0 spiro atoms. The van der Waals surface area contributed by atoms with E-state index in [4.69, 9.17) is 0 Å². The Bertz CT molecular complexity index is 1310. The van der Waals surface area contributed by atoms with E-state index in [2.05, 4.69) is 25.2 Å². The van der Waals surface area contributed by atoms with E-state index in [1.54, 1.807) is 22.4 Å². The fourth-order valence-electron chi connectivity index (χ4n) is 3.37. The van der Waals surface area contributed by atoms with Crippen molar-refractivity contribution in [3.8, 4) is 11.3 Å². The summed E-state index contributed by atoms with van der Waals surface area (Å²) in [6.45, 7) is 1.83. The van der Waals surface area contributed by atoms with Crippen LogP contribution in [0.15, 0.2) is 53.6 Å². The fraction of sp³-hybridized carbons (Fsp3) is 0.238. The zero-order chi connectivity index (χ0) is 21.5. The van der Waals surface area contributed by atoms with E-state index in [9.17, 15) is 9.00 Å². The van der Waals surface area contributed by atoms with Crippen LogP contribution >= 0.6 is 0 Å². The summed E-state index contributed by atoms with van der Waals surface area (Å²) in [6.07, 6.45) is 3.60. The lowest BCUT2D eigenvalue weighted by molar-refractivity contribution is -0.117. The molecule has 1 aliphatic carbocycles. The molecule has 0 radical (unpaired) electrons.